The fourth-order valence-corrected chi connectivity index (χ4v) is 0.927. The number of carbonyl (C=O) groups is 2. The Bertz CT molecular complexity index is 176. The average Bonchev–Trinajstić information content (AvgIpc) is 2.57. The number of rotatable bonds is 2. The van der Waals surface area contributed by atoms with Gasteiger partial charge in [0.2, 0.25) is 11.8 Å². The molecule has 0 spiro atoms. The van der Waals surface area contributed by atoms with Crippen molar-refractivity contribution in [2.45, 2.75) is 32.2 Å². The van der Waals surface area contributed by atoms with Crippen LogP contribution >= 0.6 is 0 Å². The van der Waals surface area contributed by atoms with E-state index < -0.39 is 0 Å². The van der Waals surface area contributed by atoms with E-state index in [-0.39, 0.29) is 17.9 Å². The SMILES string of the molecule is CCC(N)=O.NC(=O)[C@@H]1CCCN1. The fourth-order valence-electron chi connectivity index (χ4n) is 0.927. The third kappa shape index (κ3) is 6.10. The molecule has 1 heterocycles. The first-order valence-corrected chi connectivity index (χ1v) is 4.39. The molecule has 0 radical (unpaired) electrons. The van der Waals surface area contributed by atoms with Gasteiger partial charge in [-0.05, 0) is 19.4 Å². The van der Waals surface area contributed by atoms with Gasteiger partial charge in [-0.15, -0.1) is 0 Å². The van der Waals surface area contributed by atoms with Crippen LogP contribution < -0.4 is 16.8 Å². The number of nitrogens with two attached hydrogens (primary N) is 2. The van der Waals surface area contributed by atoms with Crippen LogP contribution in [0.3, 0.4) is 0 Å². The molecule has 0 aliphatic carbocycles. The lowest BCUT2D eigenvalue weighted by Crippen LogP contribution is -2.36. The van der Waals surface area contributed by atoms with Crippen LogP contribution in [0.15, 0.2) is 0 Å². The van der Waals surface area contributed by atoms with Crippen molar-refractivity contribution in [2.75, 3.05) is 6.54 Å². The van der Waals surface area contributed by atoms with E-state index in [4.69, 9.17) is 5.73 Å². The maximum atomic E-state index is 10.4. The van der Waals surface area contributed by atoms with Crippen molar-refractivity contribution in [3.05, 3.63) is 0 Å². The molecule has 2 amide bonds. The molecule has 5 N–H and O–H groups in total. The summed E-state index contributed by atoms with van der Waals surface area (Å²) in [5.41, 5.74) is 9.65. The summed E-state index contributed by atoms with van der Waals surface area (Å²) >= 11 is 0. The van der Waals surface area contributed by atoms with Gasteiger partial charge in [0, 0.05) is 6.42 Å². The predicted octanol–water partition coefficient (Wildman–Crippen LogP) is -0.895. The molecule has 1 fully saturated rings. The Kier molecular flexibility index (Phi) is 5.88. The van der Waals surface area contributed by atoms with Gasteiger partial charge in [0.1, 0.15) is 0 Å². The number of amides is 2. The Morgan fingerprint density at radius 3 is 2.15 bits per heavy atom. The zero-order valence-electron chi connectivity index (χ0n) is 7.88. The van der Waals surface area contributed by atoms with E-state index in [2.05, 4.69) is 11.1 Å². The first-order valence-electron chi connectivity index (χ1n) is 4.39. The molecule has 76 valence electrons. The zero-order valence-corrected chi connectivity index (χ0v) is 7.88. The summed E-state index contributed by atoms with van der Waals surface area (Å²) < 4.78 is 0. The van der Waals surface area contributed by atoms with E-state index in [1.54, 1.807) is 6.92 Å². The second-order valence-electron chi connectivity index (χ2n) is 2.87. The van der Waals surface area contributed by atoms with E-state index >= 15 is 0 Å². The summed E-state index contributed by atoms with van der Waals surface area (Å²) in [5.74, 6) is -0.465. The molecule has 1 rings (SSSR count). The number of carbonyl (C=O) groups excluding carboxylic acids is 2. The molecule has 0 unspecified atom stereocenters. The molecule has 1 saturated heterocycles. The average molecular weight is 187 g/mol. The Morgan fingerprint density at radius 2 is 2.00 bits per heavy atom. The van der Waals surface area contributed by atoms with Gasteiger partial charge in [-0.1, -0.05) is 6.92 Å². The number of primary amides is 2. The first-order chi connectivity index (χ1) is 6.07. The van der Waals surface area contributed by atoms with E-state index in [1.807, 2.05) is 0 Å². The van der Waals surface area contributed by atoms with Gasteiger partial charge in [-0.2, -0.15) is 0 Å². The molecule has 1 atom stereocenters. The highest BCUT2D eigenvalue weighted by Gasteiger charge is 2.18. The summed E-state index contributed by atoms with van der Waals surface area (Å²) in [6.07, 6.45) is 2.43. The fraction of sp³-hybridized carbons (Fsp3) is 0.750. The van der Waals surface area contributed by atoms with E-state index in [0.717, 1.165) is 19.4 Å². The standard InChI is InChI=1S/C5H10N2O.C3H7NO/c6-5(8)4-2-1-3-7-4;1-2-3(4)5/h4,7H,1-3H2,(H2,6,8);2H2,1H3,(H2,4,5)/t4-;/m0./s1. The molecule has 0 saturated carbocycles. The molecule has 0 bridgehead atoms. The molecule has 5 heteroatoms. The highest BCUT2D eigenvalue weighted by Crippen LogP contribution is 2.02. The number of nitrogens with one attached hydrogen (secondary N) is 1. The van der Waals surface area contributed by atoms with Crippen molar-refractivity contribution in [3.63, 3.8) is 0 Å². The Morgan fingerprint density at radius 1 is 1.46 bits per heavy atom. The normalized spacial score (nSPS) is 20.2. The van der Waals surface area contributed by atoms with Gasteiger partial charge in [0.05, 0.1) is 6.04 Å². The van der Waals surface area contributed by atoms with Crippen LogP contribution in [-0.2, 0) is 9.59 Å². The summed E-state index contributed by atoms with van der Waals surface area (Å²) in [6.45, 7) is 2.66. The van der Waals surface area contributed by atoms with Crippen LogP contribution in [0.2, 0.25) is 0 Å². The third-order valence-electron chi connectivity index (χ3n) is 1.75. The molecule has 0 aromatic rings. The van der Waals surface area contributed by atoms with Crippen molar-refractivity contribution in [1.82, 2.24) is 5.32 Å². The summed E-state index contributed by atoms with van der Waals surface area (Å²) in [7, 11) is 0. The second kappa shape index (κ2) is 6.42. The van der Waals surface area contributed by atoms with Gasteiger partial charge in [0.25, 0.3) is 0 Å². The first kappa shape index (κ1) is 11.9. The van der Waals surface area contributed by atoms with E-state index in [0.29, 0.717) is 6.42 Å². The summed E-state index contributed by atoms with van der Waals surface area (Å²) in [5, 5.41) is 2.98. The molecule has 13 heavy (non-hydrogen) atoms. The maximum Gasteiger partial charge on any atom is 0.234 e. The van der Waals surface area contributed by atoms with Crippen LogP contribution in [0.4, 0.5) is 0 Å². The molecule has 1 aliphatic rings. The molecule has 1 aliphatic heterocycles. The van der Waals surface area contributed by atoms with E-state index in [9.17, 15) is 9.59 Å². The lowest BCUT2D eigenvalue weighted by Gasteiger charge is -2.01. The second-order valence-corrected chi connectivity index (χ2v) is 2.87. The summed E-state index contributed by atoms with van der Waals surface area (Å²) in [6, 6.07) is -0.0463. The topological polar surface area (TPSA) is 98.2 Å². The van der Waals surface area contributed by atoms with Gasteiger partial charge in [-0.25, -0.2) is 0 Å². The Labute approximate surface area is 77.8 Å². The molecular formula is C8H17N3O2. The highest BCUT2D eigenvalue weighted by molar-refractivity contribution is 5.80. The van der Waals surface area contributed by atoms with Crippen LogP contribution in [-0.4, -0.2) is 24.4 Å². The summed E-state index contributed by atoms with van der Waals surface area (Å²) in [4.78, 5) is 20.0. The minimum atomic E-state index is -0.245. The largest absolute Gasteiger partial charge is 0.370 e. The van der Waals surface area contributed by atoms with Crippen molar-refractivity contribution < 1.29 is 9.59 Å². The monoisotopic (exact) mass is 187 g/mol. The van der Waals surface area contributed by atoms with Crippen LogP contribution in [0.25, 0.3) is 0 Å². The molecule has 0 aromatic heterocycles. The Hall–Kier alpha value is -1.10. The predicted molar refractivity (Wildman–Crippen MR) is 49.7 cm³/mol. The van der Waals surface area contributed by atoms with Crippen molar-refractivity contribution in [2.24, 2.45) is 11.5 Å². The van der Waals surface area contributed by atoms with Crippen molar-refractivity contribution in [3.8, 4) is 0 Å². The maximum absolute atomic E-state index is 10.4. The van der Waals surface area contributed by atoms with Crippen molar-refractivity contribution >= 4 is 11.8 Å². The van der Waals surface area contributed by atoms with Gasteiger partial charge < -0.3 is 16.8 Å². The lowest BCUT2D eigenvalue weighted by atomic mass is 10.2. The number of hydrogen-bond acceptors (Lipinski definition) is 3. The third-order valence-corrected chi connectivity index (χ3v) is 1.75. The van der Waals surface area contributed by atoms with Crippen LogP contribution in [0, 0.1) is 0 Å². The van der Waals surface area contributed by atoms with Crippen LogP contribution in [0.1, 0.15) is 26.2 Å². The van der Waals surface area contributed by atoms with Crippen LogP contribution in [0.5, 0.6) is 0 Å². The van der Waals surface area contributed by atoms with Crippen molar-refractivity contribution in [1.29, 1.82) is 0 Å². The smallest absolute Gasteiger partial charge is 0.234 e. The molecule has 0 aromatic carbocycles. The zero-order chi connectivity index (χ0) is 10.3. The molecule has 5 nitrogen and oxygen atoms in total. The minimum absolute atomic E-state index is 0.0463. The highest BCUT2D eigenvalue weighted by atomic mass is 16.1. The quantitative estimate of drug-likeness (QED) is 0.522. The van der Waals surface area contributed by atoms with Gasteiger partial charge >= 0.3 is 0 Å². The van der Waals surface area contributed by atoms with Gasteiger partial charge in [-0.3, -0.25) is 9.59 Å². The minimum Gasteiger partial charge on any atom is -0.370 e. The molecular weight excluding hydrogens is 170 g/mol. The van der Waals surface area contributed by atoms with E-state index in [1.165, 1.54) is 0 Å². The Balaban J connectivity index is 0.000000252. The number of hydrogen-bond donors (Lipinski definition) is 3. The van der Waals surface area contributed by atoms with Gasteiger partial charge in [0.15, 0.2) is 0 Å². The lowest BCUT2D eigenvalue weighted by molar-refractivity contribution is -0.119.